The van der Waals surface area contributed by atoms with Gasteiger partial charge in [0.2, 0.25) is 0 Å². The summed E-state index contributed by atoms with van der Waals surface area (Å²) in [5, 5.41) is 11.9. The maximum Gasteiger partial charge on any atom is 0.343 e. The number of ketones is 1. The predicted molar refractivity (Wildman–Crippen MR) is 136 cm³/mol. The van der Waals surface area contributed by atoms with Crippen LogP contribution in [0, 0.1) is 10.1 Å². The normalized spacial score (nSPS) is 10.6. The van der Waals surface area contributed by atoms with Crippen LogP contribution in [-0.2, 0) is 0 Å². The van der Waals surface area contributed by atoms with Gasteiger partial charge in [0.1, 0.15) is 0 Å². The van der Waals surface area contributed by atoms with E-state index in [1.54, 1.807) is 66.7 Å². The zero-order valence-electron chi connectivity index (χ0n) is 19.3. The molecule has 0 aliphatic rings. The van der Waals surface area contributed by atoms with Crippen molar-refractivity contribution in [1.29, 1.82) is 0 Å². The van der Waals surface area contributed by atoms with Crippen molar-refractivity contribution < 1.29 is 28.8 Å². The van der Waals surface area contributed by atoms with Crippen LogP contribution >= 0.6 is 0 Å². The van der Waals surface area contributed by atoms with Gasteiger partial charge in [-0.1, -0.05) is 72.8 Å². The smallest absolute Gasteiger partial charge is 0.343 e. The Balaban J connectivity index is 1.75. The fourth-order valence-corrected chi connectivity index (χ4v) is 3.35. The highest BCUT2D eigenvalue weighted by Gasteiger charge is 2.27. The number of carbonyl (C=O) groups is 3. The van der Waals surface area contributed by atoms with Crippen molar-refractivity contribution in [1.82, 2.24) is 0 Å². The lowest BCUT2D eigenvalue weighted by Gasteiger charge is -2.12. The molecule has 37 heavy (non-hydrogen) atoms. The molecule has 4 aromatic rings. The number of ether oxygens (including phenoxy) is 2. The number of hydrogen-bond acceptors (Lipinski definition) is 7. The molecule has 0 bridgehead atoms. The molecule has 0 N–H and O–H groups in total. The van der Waals surface area contributed by atoms with E-state index in [-0.39, 0.29) is 28.2 Å². The average molecular weight is 493 g/mol. The van der Waals surface area contributed by atoms with Crippen LogP contribution in [0.1, 0.15) is 36.6 Å². The minimum atomic E-state index is -0.872. The Morgan fingerprint density at radius 1 is 0.676 bits per heavy atom. The largest absolute Gasteiger partial charge is 0.419 e. The van der Waals surface area contributed by atoms with Crippen molar-refractivity contribution >= 4 is 29.5 Å². The first-order valence-electron chi connectivity index (χ1n) is 11.1. The molecule has 0 aromatic heterocycles. The summed E-state index contributed by atoms with van der Waals surface area (Å²) in [7, 11) is 0. The molecule has 0 saturated carbocycles. The minimum Gasteiger partial charge on any atom is -0.419 e. The number of esters is 2. The van der Waals surface area contributed by atoms with E-state index in [4.69, 9.17) is 9.47 Å². The van der Waals surface area contributed by atoms with Gasteiger partial charge in [0.15, 0.2) is 11.5 Å². The number of nitro groups is 1. The summed E-state index contributed by atoms with van der Waals surface area (Å²) < 4.78 is 10.8. The van der Waals surface area contributed by atoms with Crippen molar-refractivity contribution in [3.05, 3.63) is 142 Å². The number of carbonyl (C=O) groups excluding carboxylic acids is 3. The number of rotatable bonds is 8. The topological polar surface area (TPSA) is 113 Å². The number of nitro benzene ring substituents is 1. The summed E-state index contributed by atoms with van der Waals surface area (Å²) >= 11 is 0. The summed E-state index contributed by atoms with van der Waals surface area (Å²) in [6, 6.07) is 26.7. The highest BCUT2D eigenvalue weighted by atomic mass is 16.6. The summed E-state index contributed by atoms with van der Waals surface area (Å²) in [6.07, 6.45) is 2.60. The minimum absolute atomic E-state index is 0.148. The van der Waals surface area contributed by atoms with Crippen LogP contribution in [-0.4, -0.2) is 22.6 Å². The van der Waals surface area contributed by atoms with Crippen molar-refractivity contribution in [3.8, 4) is 11.5 Å². The van der Waals surface area contributed by atoms with Crippen LogP contribution in [0.3, 0.4) is 0 Å². The predicted octanol–water partition coefficient (Wildman–Crippen LogP) is 5.93. The molecule has 0 fully saturated rings. The Labute approximate surface area is 211 Å². The van der Waals surface area contributed by atoms with E-state index in [2.05, 4.69) is 0 Å². The molecule has 0 aliphatic carbocycles. The average Bonchev–Trinajstić information content (AvgIpc) is 2.94. The molecule has 8 nitrogen and oxygen atoms in total. The molecule has 0 radical (unpaired) electrons. The fourth-order valence-electron chi connectivity index (χ4n) is 3.35. The fraction of sp³-hybridized carbons (Fsp3) is 0. The van der Waals surface area contributed by atoms with E-state index < -0.39 is 28.3 Å². The van der Waals surface area contributed by atoms with Crippen molar-refractivity contribution in [2.45, 2.75) is 0 Å². The SMILES string of the molecule is O=C(/C=C/c1cc(OC(=O)c2ccccc2)c(OC(=O)c2ccccc2)c([N+](=O)[O-])c1)c1ccccc1. The molecular formula is C29H19NO7. The van der Waals surface area contributed by atoms with Crippen molar-refractivity contribution in [3.63, 3.8) is 0 Å². The molecule has 0 aliphatic heterocycles. The van der Waals surface area contributed by atoms with Gasteiger partial charge in [-0.05, 0) is 42.0 Å². The van der Waals surface area contributed by atoms with Gasteiger partial charge in [0, 0.05) is 11.6 Å². The summed E-state index contributed by atoms with van der Waals surface area (Å²) in [5.41, 5.74) is 0.332. The van der Waals surface area contributed by atoms with E-state index >= 15 is 0 Å². The number of hydrogen-bond donors (Lipinski definition) is 0. The first-order valence-corrected chi connectivity index (χ1v) is 11.1. The first-order chi connectivity index (χ1) is 17.9. The molecule has 0 saturated heterocycles. The standard InChI is InChI=1S/C29H19NO7/c31-25(21-10-4-1-5-11-21)17-16-20-18-24(30(34)35)27(37-29(33)23-14-8-3-9-15-23)26(19-20)36-28(32)22-12-6-2-7-13-22/h1-19H/b17-16+. The van der Waals surface area contributed by atoms with Crippen LogP contribution in [0.4, 0.5) is 5.69 Å². The molecule has 0 spiro atoms. The van der Waals surface area contributed by atoms with Crippen molar-refractivity contribution in [2.24, 2.45) is 0 Å². The maximum atomic E-state index is 12.8. The van der Waals surface area contributed by atoms with Gasteiger partial charge in [-0.2, -0.15) is 0 Å². The van der Waals surface area contributed by atoms with E-state index in [9.17, 15) is 24.5 Å². The van der Waals surface area contributed by atoms with Crippen LogP contribution < -0.4 is 9.47 Å². The van der Waals surface area contributed by atoms with Gasteiger partial charge in [0.05, 0.1) is 16.1 Å². The Morgan fingerprint density at radius 2 is 1.16 bits per heavy atom. The lowest BCUT2D eigenvalue weighted by Crippen LogP contribution is -2.14. The molecule has 0 amide bonds. The molecule has 0 unspecified atom stereocenters. The Bertz CT molecular complexity index is 1480. The Kier molecular flexibility index (Phi) is 7.60. The zero-order chi connectivity index (χ0) is 26.2. The Hall–Kier alpha value is -5.37. The van der Waals surface area contributed by atoms with Gasteiger partial charge in [-0.25, -0.2) is 9.59 Å². The molecular weight excluding hydrogens is 474 g/mol. The summed E-state index contributed by atoms with van der Waals surface area (Å²) in [4.78, 5) is 49.1. The summed E-state index contributed by atoms with van der Waals surface area (Å²) in [6.45, 7) is 0. The van der Waals surface area contributed by atoms with Gasteiger partial charge >= 0.3 is 17.6 Å². The van der Waals surface area contributed by atoms with Gasteiger partial charge in [0.25, 0.3) is 5.75 Å². The van der Waals surface area contributed by atoms with Crippen LogP contribution in [0.2, 0.25) is 0 Å². The van der Waals surface area contributed by atoms with Crippen molar-refractivity contribution in [2.75, 3.05) is 0 Å². The highest BCUT2D eigenvalue weighted by molar-refractivity contribution is 6.06. The molecule has 0 atom stereocenters. The molecule has 0 heterocycles. The Morgan fingerprint density at radius 3 is 1.68 bits per heavy atom. The van der Waals surface area contributed by atoms with E-state index in [0.717, 1.165) is 6.07 Å². The molecule has 4 rings (SSSR count). The molecule has 8 heteroatoms. The summed E-state index contributed by atoms with van der Waals surface area (Å²) in [5.74, 6) is -2.89. The van der Waals surface area contributed by atoms with Gasteiger partial charge in [-0.15, -0.1) is 0 Å². The van der Waals surface area contributed by atoms with Gasteiger partial charge in [-0.3, -0.25) is 14.9 Å². The van der Waals surface area contributed by atoms with E-state index in [1.807, 2.05) is 0 Å². The lowest BCUT2D eigenvalue weighted by atomic mass is 10.1. The molecule has 4 aromatic carbocycles. The third-order valence-corrected chi connectivity index (χ3v) is 5.16. The number of nitrogens with zero attached hydrogens (tertiary/aromatic N) is 1. The third-order valence-electron chi connectivity index (χ3n) is 5.16. The zero-order valence-corrected chi connectivity index (χ0v) is 19.3. The van der Waals surface area contributed by atoms with E-state index in [1.165, 1.54) is 42.5 Å². The quantitative estimate of drug-likeness (QED) is 0.0746. The van der Waals surface area contributed by atoms with Crippen LogP contribution in [0.15, 0.2) is 109 Å². The van der Waals surface area contributed by atoms with Crippen LogP contribution in [0.25, 0.3) is 6.08 Å². The van der Waals surface area contributed by atoms with Crippen LogP contribution in [0.5, 0.6) is 11.5 Å². The number of allylic oxidation sites excluding steroid dienone is 1. The molecule has 182 valence electrons. The first kappa shape index (κ1) is 24.7. The second-order valence-electron chi connectivity index (χ2n) is 7.70. The highest BCUT2D eigenvalue weighted by Crippen LogP contribution is 2.40. The monoisotopic (exact) mass is 493 g/mol. The van der Waals surface area contributed by atoms with Gasteiger partial charge < -0.3 is 9.47 Å². The lowest BCUT2D eigenvalue weighted by molar-refractivity contribution is -0.385. The second kappa shape index (κ2) is 11.4. The maximum absolute atomic E-state index is 12.8. The third kappa shape index (κ3) is 6.20. The second-order valence-corrected chi connectivity index (χ2v) is 7.70. The van der Waals surface area contributed by atoms with E-state index in [0.29, 0.717) is 5.56 Å². The number of benzene rings is 4.